The highest BCUT2D eigenvalue weighted by Gasteiger charge is 2.40. The Balaban J connectivity index is 2.27. The Hall–Kier alpha value is -1.00. The summed E-state index contributed by atoms with van der Waals surface area (Å²) >= 11 is 0. The zero-order valence-electron chi connectivity index (χ0n) is 9.10. The molecule has 1 fully saturated rings. The highest BCUT2D eigenvalue weighted by atomic mass is 16.5. The van der Waals surface area contributed by atoms with Crippen molar-refractivity contribution in [2.75, 3.05) is 6.61 Å². The van der Waals surface area contributed by atoms with Gasteiger partial charge in [-0.2, -0.15) is 0 Å². The van der Waals surface area contributed by atoms with Gasteiger partial charge in [0, 0.05) is 30.8 Å². The molecular weight excluding hydrogens is 192 g/mol. The van der Waals surface area contributed by atoms with Gasteiger partial charge in [0.1, 0.15) is 6.33 Å². The number of aliphatic hydroxyl groups is 1. The fourth-order valence-electron chi connectivity index (χ4n) is 2.13. The first-order valence-electron chi connectivity index (χ1n) is 5.14. The van der Waals surface area contributed by atoms with Crippen molar-refractivity contribution >= 4 is 0 Å². The number of hydrogen-bond donors (Lipinski definition) is 1. The van der Waals surface area contributed by atoms with Crippen LogP contribution in [0.1, 0.15) is 32.3 Å². The molecule has 1 N–H and O–H groups in total. The van der Waals surface area contributed by atoms with Crippen LogP contribution in [0, 0.1) is 0 Å². The molecule has 1 aromatic rings. The molecule has 0 amide bonds. The van der Waals surface area contributed by atoms with Gasteiger partial charge >= 0.3 is 0 Å². The maximum Gasteiger partial charge on any atom is 0.115 e. The highest BCUT2D eigenvalue weighted by molar-refractivity contribution is 5.16. The summed E-state index contributed by atoms with van der Waals surface area (Å²) in [5.74, 6) is 0. The largest absolute Gasteiger partial charge is 0.385 e. The Morgan fingerprint density at radius 2 is 2.00 bits per heavy atom. The van der Waals surface area contributed by atoms with Crippen molar-refractivity contribution in [3.63, 3.8) is 0 Å². The summed E-state index contributed by atoms with van der Waals surface area (Å²) in [6, 6.07) is 0. The van der Waals surface area contributed by atoms with Crippen LogP contribution in [0.5, 0.6) is 0 Å². The molecule has 15 heavy (non-hydrogen) atoms. The molecule has 82 valence electrons. The minimum absolute atomic E-state index is 0.289. The molecule has 0 aromatic carbocycles. The molecule has 1 unspecified atom stereocenters. The van der Waals surface area contributed by atoms with Gasteiger partial charge in [0.2, 0.25) is 0 Å². The Morgan fingerprint density at radius 1 is 1.33 bits per heavy atom. The van der Waals surface area contributed by atoms with E-state index in [0.717, 1.165) is 5.56 Å². The van der Waals surface area contributed by atoms with E-state index >= 15 is 0 Å². The van der Waals surface area contributed by atoms with E-state index in [1.54, 1.807) is 12.4 Å². The summed E-state index contributed by atoms with van der Waals surface area (Å²) in [6.45, 7) is 4.54. The van der Waals surface area contributed by atoms with Gasteiger partial charge in [-0.25, -0.2) is 9.97 Å². The molecule has 4 heteroatoms. The van der Waals surface area contributed by atoms with Crippen LogP contribution in [0.4, 0.5) is 0 Å². The molecule has 2 rings (SSSR count). The summed E-state index contributed by atoms with van der Waals surface area (Å²) in [6.07, 6.45) is 6.00. The van der Waals surface area contributed by atoms with Crippen LogP contribution in [0.2, 0.25) is 0 Å². The standard InChI is InChI=1S/C11H16N2O2/c1-10(2)7-11(14,3-4-15-10)9-5-12-8-13-6-9/h5-6,8,14H,3-4,7H2,1-2H3. The quantitative estimate of drug-likeness (QED) is 0.754. The van der Waals surface area contributed by atoms with Gasteiger partial charge in [0.25, 0.3) is 0 Å². The van der Waals surface area contributed by atoms with Gasteiger partial charge < -0.3 is 9.84 Å². The molecule has 0 radical (unpaired) electrons. The van der Waals surface area contributed by atoms with Crippen LogP contribution < -0.4 is 0 Å². The summed E-state index contributed by atoms with van der Waals surface area (Å²) in [5.41, 5.74) is -0.354. The van der Waals surface area contributed by atoms with Gasteiger partial charge in [0.05, 0.1) is 17.8 Å². The zero-order valence-corrected chi connectivity index (χ0v) is 9.10. The molecule has 1 atom stereocenters. The monoisotopic (exact) mass is 208 g/mol. The molecule has 0 spiro atoms. The van der Waals surface area contributed by atoms with Crippen molar-refractivity contribution in [2.24, 2.45) is 0 Å². The van der Waals surface area contributed by atoms with Crippen LogP contribution in [-0.2, 0) is 10.3 Å². The van der Waals surface area contributed by atoms with Crippen LogP contribution in [0.3, 0.4) is 0 Å². The van der Waals surface area contributed by atoms with E-state index in [-0.39, 0.29) is 5.60 Å². The maximum atomic E-state index is 10.5. The lowest BCUT2D eigenvalue weighted by molar-refractivity contribution is -0.148. The summed E-state index contributed by atoms with van der Waals surface area (Å²) < 4.78 is 5.58. The number of nitrogens with zero attached hydrogens (tertiary/aromatic N) is 2. The average Bonchev–Trinajstić information content (AvgIpc) is 2.17. The molecule has 1 saturated heterocycles. The van der Waals surface area contributed by atoms with E-state index < -0.39 is 5.60 Å². The van der Waals surface area contributed by atoms with Crippen molar-refractivity contribution in [3.8, 4) is 0 Å². The van der Waals surface area contributed by atoms with Gasteiger partial charge in [-0.15, -0.1) is 0 Å². The van der Waals surface area contributed by atoms with Gasteiger partial charge in [-0.1, -0.05) is 0 Å². The average molecular weight is 208 g/mol. The molecule has 1 aromatic heterocycles. The van der Waals surface area contributed by atoms with Crippen molar-refractivity contribution in [1.29, 1.82) is 0 Å². The van der Waals surface area contributed by atoms with Crippen LogP contribution in [0.15, 0.2) is 18.7 Å². The smallest absolute Gasteiger partial charge is 0.115 e. The van der Waals surface area contributed by atoms with E-state index in [0.29, 0.717) is 19.4 Å². The van der Waals surface area contributed by atoms with Crippen LogP contribution >= 0.6 is 0 Å². The van der Waals surface area contributed by atoms with E-state index in [1.165, 1.54) is 6.33 Å². The highest BCUT2D eigenvalue weighted by Crippen LogP contribution is 2.38. The molecular formula is C11H16N2O2. The maximum absolute atomic E-state index is 10.5. The first kappa shape index (κ1) is 10.5. The first-order valence-corrected chi connectivity index (χ1v) is 5.14. The predicted octanol–water partition coefficient (Wildman–Crippen LogP) is 1.25. The third-order valence-corrected chi connectivity index (χ3v) is 2.82. The van der Waals surface area contributed by atoms with Gasteiger partial charge in [0.15, 0.2) is 0 Å². The molecule has 1 aliphatic rings. The van der Waals surface area contributed by atoms with Crippen molar-refractivity contribution < 1.29 is 9.84 Å². The fraction of sp³-hybridized carbons (Fsp3) is 0.636. The fourth-order valence-corrected chi connectivity index (χ4v) is 2.13. The zero-order chi connectivity index (χ0) is 10.9. The number of ether oxygens (including phenoxy) is 1. The second-order valence-corrected chi connectivity index (χ2v) is 4.69. The number of aromatic nitrogens is 2. The number of rotatable bonds is 1. The molecule has 4 nitrogen and oxygen atoms in total. The van der Waals surface area contributed by atoms with Gasteiger partial charge in [-0.05, 0) is 13.8 Å². The molecule has 1 aliphatic heterocycles. The van der Waals surface area contributed by atoms with E-state index in [1.807, 2.05) is 13.8 Å². The molecule has 2 heterocycles. The lowest BCUT2D eigenvalue weighted by atomic mass is 9.80. The molecule has 0 bridgehead atoms. The number of hydrogen-bond acceptors (Lipinski definition) is 4. The summed E-state index contributed by atoms with van der Waals surface area (Å²) in [5, 5.41) is 10.5. The van der Waals surface area contributed by atoms with Crippen LogP contribution in [0.25, 0.3) is 0 Å². The Morgan fingerprint density at radius 3 is 2.60 bits per heavy atom. The SMILES string of the molecule is CC1(C)CC(O)(c2cncnc2)CCO1. The topological polar surface area (TPSA) is 55.2 Å². The van der Waals surface area contributed by atoms with Crippen molar-refractivity contribution in [3.05, 3.63) is 24.3 Å². The Bertz CT molecular complexity index is 340. The predicted molar refractivity (Wildman–Crippen MR) is 55.2 cm³/mol. The summed E-state index contributed by atoms with van der Waals surface area (Å²) in [4.78, 5) is 7.88. The van der Waals surface area contributed by atoms with Crippen molar-refractivity contribution in [1.82, 2.24) is 9.97 Å². The van der Waals surface area contributed by atoms with E-state index in [9.17, 15) is 5.11 Å². The second kappa shape index (κ2) is 3.54. The third-order valence-electron chi connectivity index (χ3n) is 2.82. The minimum Gasteiger partial charge on any atom is -0.385 e. The lowest BCUT2D eigenvalue weighted by Crippen LogP contribution is -2.44. The van der Waals surface area contributed by atoms with E-state index in [4.69, 9.17) is 4.74 Å². The Kier molecular flexibility index (Phi) is 2.48. The normalized spacial score (nSPS) is 30.1. The van der Waals surface area contributed by atoms with E-state index in [2.05, 4.69) is 9.97 Å². The minimum atomic E-state index is -0.844. The third kappa shape index (κ3) is 2.16. The Labute approximate surface area is 89.3 Å². The van der Waals surface area contributed by atoms with Gasteiger partial charge in [-0.3, -0.25) is 0 Å². The first-order chi connectivity index (χ1) is 7.02. The molecule has 0 aliphatic carbocycles. The second-order valence-electron chi connectivity index (χ2n) is 4.69. The molecule has 0 saturated carbocycles. The van der Waals surface area contributed by atoms with Crippen molar-refractivity contribution in [2.45, 2.75) is 37.9 Å². The summed E-state index contributed by atoms with van der Waals surface area (Å²) in [7, 11) is 0. The van der Waals surface area contributed by atoms with Crippen LogP contribution in [-0.4, -0.2) is 27.3 Å². The lowest BCUT2D eigenvalue weighted by Gasteiger charge is -2.41.